The Balaban J connectivity index is 1.70. The largest absolute Gasteiger partial charge is 0.465 e. The van der Waals surface area contributed by atoms with Crippen molar-refractivity contribution >= 4 is 44.1 Å². The van der Waals surface area contributed by atoms with E-state index < -0.39 is 11.9 Å². The summed E-state index contributed by atoms with van der Waals surface area (Å²) in [5, 5.41) is 5.09. The van der Waals surface area contributed by atoms with Gasteiger partial charge in [-0.05, 0) is 70.4 Å². The van der Waals surface area contributed by atoms with Crippen molar-refractivity contribution in [2.45, 2.75) is 25.7 Å². The summed E-state index contributed by atoms with van der Waals surface area (Å²) in [4.78, 5) is 25.0. The zero-order valence-corrected chi connectivity index (χ0v) is 17.6. The Morgan fingerprint density at radius 1 is 1.14 bits per heavy atom. The molecule has 0 saturated carbocycles. The van der Waals surface area contributed by atoms with Crippen molar-refractivity contribution < 1.29 is 18.7 Å². The number of halogens is 1. The minimum absolute atomic E-state index is 0.159. The van der Waals surface area contributed by atoms with E-state index >= 15 is 0 Å². The Labute approximate surface area is 174 Å². The smallest absolute Gasteiger partial charge is 0.341 e. The summed E-state index contributed by atoms with van der Waals surface area (Å²) >= 11 is 4.48. The number of amides is 1. The van der Waals surface area contributed by atoms with Gasteiger partial charge in [-0.2, -0.15) is 0 Å². The van der Waals surface area contributed by atoms with Gasteiger partial charge in [-0.25, -0.2) is 4.79 Å². The Kier molecular flexibility index (Phi) is 5.37. The molecule has 1 aliphatic rings. The maximum Gasteiger partial charge on any atom is 0.341 e. The second-order valence-electron chi connectivity index (χ2n) is 6.59. The number of methoxy groups -OCH3 is 1. The fourth-order valence-corrected chi connectivity index (χ4v) is 4.73. The Bertz CT molecular complexity index is 1050. The van der Waals surface area contributed by atoms with Crippen molar-refractivity contribution in [3.63, 3.8) is 0 Å². The first kappa shape index (κ1) is 19.0. The van der Waals surface area contributed by atoms with Crippen LogP contribution in [0.2, 0.25) is 0 Å². The highest BCUT2D eigenvalue weighted by Gasteiger charge is 2.24. The first-order valence-corrected chi connectivity index (χ1v) is 10.6. The van der Waals surface area contributed by atoms with Crippen LogP contribution in [0.5, 0.6) is 0 Å². The molecule has 2 aromatic heterocycles. The molecule has 0 aliphatic heterocycles. The number of hydrogen-bond donors (Lipinski definition) is 1. The number of esters is 1. The average molecular weight is 460 g/mol. The third kappa shape index (κ3) is 3.64. The van der Waals surface area contributed by atoms with Crippen molar-refractivity contribution in [1.29, 1.82) is 0 Å². The molecule has 2 heterocycles. The predicted molar refractivity (Wildman–Crippen MR) is 112 cm³/mol. The summed E-state index contributed by atoms with van der Waals surface area (Å²) in [7, 11) is 1.34. The molecule has 0 spiro atoms. The van der Waals surface area contributed by atoms with E-state index in [1.807, 2.05) is 11.4 Å². The topological polar surface area (TPSA) is 68.5 Å². The van der Waals surface area contributed by atoms with Crippen LogP contribution in [-0.4, -0.2) is 19.0 Å². The summed E-state index contributed by atoms with van der Waals surface area (Å²) in [6.45, 7) is 0. The van der Waals surface area contributed by atoms with Gasteiger partial charge < -0.3 is 14.5 Å². The van der Waals surface area contributed by atoms with Crippen molar-refractivity contribution in [3.05, 3.63) is 62.8 Å². The fourth-order valence-electron chi connectivity index (χ4n) is 3.47. The van der Waals surface area contributed by atoms with Gasteiger partial charge in [-0.15, -0.1) is 11.3 Å². The van der Waals surface area contributed by atoms with Crippen LogP contribution in [0, 0.1) is 0 Å². The molecule has 1 aliphatic carbocycles. The molecule has 0 radical (unpaired) electrons. The van der Waals surface area contributed by atoms with E-state index in [1.165, 1.54) is 42.4 Å². The number of hydrogen-bond acceptors (Lipinski definition) is 5. The van der Waals surface area contributed by atoms with E-state index in [2.05, 4.69) is 33.4 Å². The average Bonchev–Trinajstić information content (AvgIpc) is 3.33. The van der Waals surface area contributed by atoms with Crippen LogP contribution in [-0.2, 0) is 17.6 Å². The molecule has 7 heteroatoms. The van der Waals surface area contributed by atoms with Gasteiger partial charge in [0.2, 0.25) is 0 Å². The van der Waals surface area contributed by atoms with Gasteiger partial charge >= 0.3 is 5.97 Å². The number of nitrogens with one attached hydrogen (secondary N) is 1. The maximum absolute atomic E-state index is 12.5. The number of thiophene rings is 1. The zero-order valence-electron chi connectivity index (χ0n) is 15.2. The van der Waals surface area contributed by atoms with Gasteiger partial charge in [0, 0.05) is 10.9 Å². The van der Waals surface area contributed by atoms with Gasteiger partial charge in [-0.3, -0.25) is 4.79 Å². The van der Waals surface area contributed by atoms with E-state index in [-0.39, 0.29) is 5.76 Å². The summed E-state index contributed by atoms with van der Waals surface area (Å²) in [6.07, 6.45) is 4.56. The summed E-state index contributed by atoms with van der Waals surface area (Å²) in [5.41, 5.74) is 4.79. The second kappa shape index (κ2) is 7.93. The third-order valence-corrected chi connectivity index (χ3v) is 6.19. The van der Waals surface area contributed by atoms with Crippen LogP contribution in [0.1, 0.15) is 44.9 Å². The molecule has 0 atom stereocenters. The predicted octanol–water partition coefficient (Wildman–Crippen LogP) is 5.69. The molecule has 1 N–H and O–H groups in total. The Hall–Kier alpha value is -2.38. The molecule has 5 nitrogen and oxygen atoms in total. The van der Waals surface area contributed by atoms with Crippen molar-refractivity contribution in [2.75, 3.05) is 12.4 Å². The summed E-state index contributed by atoms with van der Waals surface area (Å²) in [5.74, 6) is -0.744. The van der Waals surface area contributed by atoms with E-state index in [4.69, 9.17) is 9.15 Å². The Morgan fingerprint density at radius 3 is 2.64 bits per heavy atom. The number of carbonyl (C=O) groups excluding carboxylic acids is 2. The number of rotatable bonds is 4. The lowest BCUT2D eigenvalue weighted by atomic mass is 9.89. The zero-order chi connectivity index (χ0) is 19.7. The lowest BCUT2D eigenvalue weighted by Crippen LogP contribution is -2.13. The molecule has 1 amide bonds. The highest BCUT2D eigenvalue weighted by atomic mass is 79.9. The van der Waals surface area contributed by atoms with Gasteiger partial charge in [0.05, 0.1) is 7.11 Å². The molecule has 4 rings (SSSR count). The second-order valence-corrected chi connectivity index (χ2v) is 8.25. The number of anilines is 1. The van der Waals surface area contributed by atoms with Crippen molar-refractivity contribution in [2.24, 2.45) is 0 Å². The number of fused-ring (bicyclic) bond motifs is 1. The fraction of sp³-hybridized carbons (Fsp3) is 0.238. The monoisotopic (exact) mass is 459 g/mol. The van der Waals surface area contributed by atoms with Crippen LogP contribution < -0.4 is 5.32 Å². The van der Waals surface area contributed by atoms with Crippen LogP contribution in [0.4, 0.5) is 5.00 Å². The molecule has 144 valence electrons. The van der Waals surface area contributed by atoms with Gasteiger partial charge in [0.25, 0.3) is 5.91 Å². The van der Waals surface area contributed by atoms with Gasteiger partial charge in [0.1, 0.15) is 10.6 Å². The van der Waals surface area contributed by atoms with Gasteiger partial charge in [-0.1, -0.05) is 18.2 Å². The number of carbonyl (C=O) groups is 2. The number of aryl methyl sites for hydroxylation is 2. The maximum atomic E-state index is 12.5. The molecular weight excluding hydrogens is 442 g/mol. The normalized spacial score (nSPS) is 13.1. The van der Waals surface area contributed by atoms with E-state index in [9.17, 15) is 9.59 Å². The van der Waals surface area contributed by atoms with Crippen LogP contribution in [0.25, 0.3) is 11.1 Å². The summed E-state index contributed by atoms with van der Waals surface area (Å²) < 4.78 is 10.7. The van der Waals surface area contributed by atoms with Crippen molar-refractivity contribution in [1.82, 2.24) is 0 Å². The molecule has 0 unspecified atom stereocenters. The molecule has 0 fully saturated rings. The molecule has 0 saturated heterocycles. The van der Waals surface area contributed by atoms with E-state index in [0.717, 1.165) is 24.0 Å². The lowest BCUT2D eigenvalue weighted by molar-refractivity contribution is 0.0603. The minimum atomic E-state index is -0.482. The van der Waals surface area contributed by atoms with E-state index in [0.29, 0.717) is 15.2 Å². The van der Waals surface area contributed by atoms with Crippen LogP contribution in [0.3, 0.4) is 0 Å². The number of ether oxygens (including phenoxy) is 1. The molecular formula is C21H18BrNO4S. The standard InChI is InChI=1S/C21H18BrNO4S/c1-26-21(25)18-15(14-7-6-12-4-2-3-5-13(12)10-14)11-28-20(18)23-19(24)16-8-9-17(22)27-16/h6-11H,2-5H2,1H3,(H,23,24). The van der Waals surface area contributed by atoms with Crippen LogP contribution in [0.15, 0.2) is 44.8 Å². The number of furan rings is 1. The highest BCUT2D eigenvalue weighted by molar-refractivity contribution is 9.10. The van der Waals surface area contributed by atoms with Crippen LogP contribution >= 0.6 is 27.3 Å². The molecule has 28 heavy (non-hydrogen) atoms. The van der Waals surface area contributed by atoms with Gasteiger partial charge in [0.15, 0.2) is 10.4 Å². The SMILES string of the molecule is COC(=O)c1c(-c2ccc3c(c2)CCCC3)csc1NC(=O)c1ccc(Br)o1. The van der Waals surface area contributed by atoms with E-state index in [1.54, 1.807) is 12.1 Å². The Morgan fingerprint density at radius 2 is 1.93 bits per heavy atom. The first-order chi connectivity index (χ1) is 13.6. The van der Waals surface area contributed by atoms with Crippen molar-refractivity contribution in [3.8, 4) is 11.1 Å². The highest BCUT2D eigenvalue weighted by Crippen LogP contribution is 2.38. The molecule has 0 bridgehead atoms. The third-order valence-electron chi connectivity index (χ3n) is 4.86. The molecule has 3 aromatic rings. The number of benzene rings is 1. The molecule has 1 aromatic carbocycles. The quantitative estimate of drug-likeness (QED) is 0.508. The lowest BCUT2D eigenvalue weighted by Gasteiger charge is -2.16. The summed E-state index contributed by atoms with van der Waals surface area (Å²) in [6, 6.07) is 9.53. The minimum Gasteiger partial charge on any atom is -0.465 e. The first-order valence-electron chi connectivity index (χ1n) is 8.95.